The Morgan fingerprint density at radius 2 is 2.31 bits per heavy atom. The number of carbonyl (C=O) groups excluding carboxylic acids is 1. The van der Waals surface area contributed by atoms with E-state index >= 15 is 0 Å². The standard InChI is InChI=1S/C18H21N3O4S/c1-25-14-4-5-15(17(11-14)21(23)24)19-18(22)6-9-20-8-2-3-16(20)13-7-10-26-12-13/h4-5,7,10-12,16H,2-3,6,8-9H2,1H3,(H,19,22)/t16-/m1/s1. The highest BCUT2D eigenvalue weighted by Crippen LogP contribution is 2.33. The van der Waals surface area contributed by atoms with Crippen LogP contribution in [0.25, 0.3) is 0 Å². The number of likely N-dealkylation sites (tertiary alicyclic amines) is 1. The lowest BCUT2D eigenvalue weighted by Gasteiger charge is -2.23. The summed E-state index contributed by atoms with van der Waals surface area (Å²) >= 11 is 1.68. The number of anilines is 1. The molecule has 0 saturated carbocycles. The van der Waals surface area contributed by atoms with Crippen LogP contribution in [-0.2, 0) is 4.79 Å². The third kappa shape index (κ3) is 4.20. The van der Waals surface area contributed by atoms with E-state index in [2.05, 4.69) is 27.0 Å². The largest absolute Gasteiger partial charge is 0.496 e. The number of nitro groups is 1. The van der Waals surface area contributed by atoms with Crippen LogP contribution in [0.1, 0.15) is 30.9 Å². The van der Waals surface area contributed by atoms with Gasteiger partial charge in [-0.05, 0) is 53.9 Å². The molecule has 1 aliphatic rings. The Morgan fingerprint density at radius 3 is 3.00 bits per heavy atom. The van der Waals surface area contributed by atoms with E-state index in [9.17, 15) is 14.9 Å². The number of methoxy groups -OCH3 is 1. The van der Waals surface area contributed by atoms with Crippen LogP contribution in [-0.4, -0.2) is 35.9 Å². The molecule has 2 aromatic rings. The maximum atomic E-state index is 12.3. The molecule has 3 rings (SSSR count). The molecule has 1 N–H and O–H groups in total. The van der Waals surface area contributed by atoms with Gasteiger partial charge in [-0.2, -0.15) is 11.3 Å². The van der Waals surface area contributed by atoms with Gasteiger partial charge in [0.15, 0.2) is 0 Å². The predicted octanol–water partition coefficient (Wildman–Crippen LogP) is 3.83. The smallest absolute Gasteiger partial charge is 0.296 e. The first-order valence-electron chi connectivity index (χ1n) is 8.47. The molecule has 1 amide bonds. The quantitative estimate of drug-likeness (QED) is 0.587. The van der Waals surface area contributed by atoms with Crippen LogP contribution in [0.4, 0.5) is 11.4 Å². The number of benzene rings is 1. The van der Waals surface area contributed by atoms with Gasteiger partial charge < -0.3 is 10.1 Å². The monoisotopic (exact) mass is 375 g/mol. The van der Waals surface area contributed by atoms with Crippen molar-refractivity contribution in [3.63, 3.8) is 0 Å². The van der Waals surface area contributed by atoms with E-state index in [1.807, 2.05) is 0 Å². The second-order valence-corrected chi connectivity index (χ2v) is 6.97. The SMILES string of the molecule is COc1ccc(NC(=O)CCN2CCC[C@@H]2c2ccsc2)c([N+](=O)[O-])c1. The summed E-state index contributed by atoms with van der Waals surface area (Å²) in [6, 6.07) is 6.90. The number of amides is 1. The lowest BCUT2D eigenvalue weighted by molar-refractivity contribution is -0.384. The number of nitrogens with zero attached hydrogens (tertiary/aromatic N) is 2. The molecule has 0 radical (unpaired) electrons. The Morgan fingerprint density at radius 1 is 1.46 bits per heavy atom. The average Bonchev–Trinajstić information content (AvgIpc) is 3.31. The first-order chi connectivity index (χ1) is 12.6. The number of thiophene rings is 1. The summed E-state index contributed by atoms with van der Waals surface area (Å²) in [6.07, 6.45) is 2.51. The summed E-state index contributed by atoms with van der Waals surface area (Å²) in [5.74, 6) is 0.152. The van der Waals surface area contributed by atoms with Crippen LogP contribution in [0, 0.1) is 10.1 Å². The number of ether oxygens (including phenoxy) is 1. The van der Waals surface area contributed by atoms with Crippen molar-refractivity contribution in [2.75, 3.05) is 25.5 Å². The maximum Gasteiger partial charge on any atom is 0.296 e. The average molecular weight is 375 g/mol. The molecule has 1 fully saturated rings. The fraction of sp³-hybridized carbons (Fsp3) is 0.389. The van der Waals surface area contributed by atoms with Crippen molar-refractivity contribution in [1.82, 2.24) is 4.90 Å². The van der Waals surface area contributed by atoms with Crippen molar-refractivity contribution >= 4 is 28.6 Å². The highest BCUT2D eigenvalue weighted by Gasteiger charge is 2.26. The van der Waals surface area contributed by atoms with E-state index in [1.54, 1.807) is 17.4 Å². The van der Waals surface area contributed by atoms with Crippen LogP contribution >= 0.6 is 11.3 Å². The van der Waals surface area contributed by atoms with Gasteiger partial charge >= 0.3 is 0 Å². The molecule has 0 spiro atoms. The van der Waals surface area contributed by atoms with Gasteiger partial charge in [-0.25, -0.2) is 0 Å². The molecule has 1 aromatic heterocycles. The normalized spacial score (nSPS) is 17.2. The summed E-state index contributed by atoms with van der Waals surface area (Å²) in [4.78, 5) is 25.3. The van der Waals surface area contributed by atoms with Crippen molar-refractivity contribution < 1.29 is 14.5 Å². The fourth-order valence-electron chi connectivity index (χ4n) is 3.29. The molecule has 0 aliphatic carbocycles. The minimum Gasteiger partial charge on any atom is -0.496 e. The summed E-state index contributed by atoms with van der Waals surface area (Å²) in [5.41, 5.74) is 1.32. The van der Waals surface area contributed by atoms with E-state index in [-0.39, 0.29) is 17.3 Å². The Hall–Kier alpha value is -2.45. The van der Waals surface area contributed by atoms with Gasteiger partial charge in [0, 0.05) is 19.0 Å². The van der Waals surface area contributed by atoms with Gasteiger partial charge in [-0.3, -0.25) is 19.8 Å². The molecule has 1 saturated heterocycles. The predicted molar refractivity (Wildman–Crippen MR) is 101 cm³/mol. The molecule has 0 unspecified atom stereocenters. The highest BCUT2D eigenvalue weighted by molar-refractivity contribution is 7.07. The van der Waals surface area contributed by atoms with E-state index in [1.165, 1.54) is 24.8 Å². The van der Waals surface area contributed by atoms with Crippen LogP contribution in [0.3, 0.4) is 0 Å². The Bertz CT molecular complexity index is 779. The Balaban J connectivity index is 1.60. The van der Waals surface area contributed by atoms with Crippen molar-refractivity contribution in [3.8, 4) is 5.75 Å². The summed E-state index contributed by atoms with van der Waals surface area (Å²) < 4.78 is 5.00. The van der Waals surface area contributed by atoms with Crippen molar-refractivity contribution in [2.45, 2.75) is 25.3 Å². The van der Waals surface area contributed by atoms with Crippen LogP contribution < -0.4 is 10.1 Å². The molecule has 1 aliphatic heterocycles. The first-order valence-corrected chi connectivity index (χ1v) is 9.41. The summed E-state index contributed by atoms with van der Waals surface area (Å²) in [6.45, 7) is 1.60. The minimum atomic E-state index is -0.523. The zero-order valence-electron chi connectivity index (χ0n) is 14.5. The molecular formula is C18H21N3O4S. The molecule has 1 aromatic carbocycles. The minimum absolute atomic E-state index is 0.171. The lowest BCUT2D eigenvalue weighted by Crippen LogP contribution is -2.27. The van der Waals surface area contributed by atoms with E-state index < -0.39 is 4.92 Å². The van der Waals surface area contributed by atoms with Gasteiger partial charge in [-0.15, -0.1) is 0 Å². The second-order valence-electron chi connectivity index (χ2n) is 6.19. The molecular weight excluding hydrogens is 354 g/mol. The number of carbonyl (C=O) groups is 1. The topological polar surface area (TPSA) is 84.7 Å². The van der Waals surface area contributed by atoms with Gasteiger partial charge in [-0.1, -0.05) is 0 Å². The Labute approximate surface area is 155 Å². The highest BCUT2D eigenvalue weighted by atomic mass is 32.1. The number of hydrogen-bond donors (Lipinski definition) is 1. The van der Waals surface area contributed by atoms with Crippen molar-refractivity contribution in [1.29, 1.82) is 0 Å². The first kappa shape index (κ1) is 18.3. The molecule has 8 heteroatoms. The van der Waals surface area contributed by atoms with Crippen molar-refractivity contribution in [2.24, 2.45) is 0 Å². The second kappa shape index (κ2) is 8.29. The van der Waals surface area contributed by atoms with E-state index in [0.29, 0.717) is 24.8 Å². The Kier molecular flexibility index (Phi) is 5.85. The molecule has 138 valence electrons. The molecule has 7 nitrogen and oxygen atoms in total. The molecule has 0 bridgehead atoms. The number of hydrogen-bond acceptors (Lipinski definition) is 6. The van der Waals surface area contributed by atoms with Gasteiger partial charge in [0.2, 0.25) is 5.91 Å². The third-order valence-electron chi connectivity index (χ3n) is 4.59. The zero-order chi connectivity index (χ0) is 18.5. The lowest BCUT2D eigenvalue weighted by atomic mass is 10.1. The molecule has 1 atom stereocenters. The number of nitro benzene ring substituents is 1. The number of nitrogens with one attached hydrogen (secondary N) is 1. The fourth-order valence-corrected chi connectivity index (χ4v) is 4.00. The van der Waals surface area contributed by atoms with Crippen LogP contribution in [0.5, 0.6) is 5.75 Å². The maximum absolute atomic E-state index is 12.3. The summed E-state index contributed by atoms with van der Waals surface area (Å²) in [5, 5.41) is 18.1. The third-order valence-corrected chi connectivity index (χ3v) is 5.29. The number of rotatable bonds is 7. The van der Waals surface area contributed by atoms with Gasteiger partial charge in [0.1, 0.15) is 11.4 Å². The van der Waals surface area contributed by atoms with Gasteiger partial charge in [0.05, 0.1) is 18.1 Å². The van der Waals surface area contributed by atoms with E-state index in [0.717, 1.165) is 19.4 Å². The summed E-state index contributed by atoms with van der Waals surface area (Å²) in [7, 11) is 1.44. The van der Waals surface area contributed by atoms with E-state index in [4.69, 9.17) is 4.74 Å². The molecule has 2 heterocycles. The van der Waals surface area contributed by atoms with Crippen molar-refractivity contribution in [3.05, 3.63) is 50.7 Å². The van der Waals surface area contributed by atoms with Crippen LogP contribution in [0.2, 0.25) is 0 Å². The zero-order valence-corrected chi connectivity index (χ0v) is 15.3. The van der Waals surface area contributed by atoms with Gasteiger partial charge in [0.25, 0.3) is 5.69 Å². The molecule has 26 heavy (non-hydrogen) atoms. The van der Waals surface area contributed by atoms with Crippen LogP contribution in [0.15, 0.2) is 35.0 Å².